The maximum absolute atomic E-state index is 13.3. The van der Waals surface area contributed by atoms with Crippen molar-refractivity contribution in [3.8, 4) is 11.3 Å². The number of carbonyl (C=O) groups excluding carboxylic acids is 1. The number of carbonyl (C=O) groups is 1. The number of pyridine rings is 1. The zero-order valence-electron chi connectivity index (χ0n) is 22.9. The summed E-state index contributed by atoms with van der Waals surface area (Å²) in [6, 6.07) is 23.4. The number of nitrogens with one attached hydrogen (secondary N) is 1. The Hall–Kier alpha value is -4.12. The Morgan fingerprint density at radius 2 is 1.79 bits per heavy atom. The minimum atomic E-state index is -3.66. The van der Waals surface area contributed by atoms with E-state index in [4.69, 9.17) is 11.6 Å². The van der Waals surface area contributed by atoms with Gasteiger partial charge in [-0.25, -0.2) is 17.8 Å². The molecule has 9 nitrogen and oxygen atoms in total. The molecule has 0 spiro atoms. The summed E-state index contributed by atoms with van der Waals surface area (Å²) in [6.45, 7) is 3.37. The Bertz CT molecular complexity index is 1870. The van der Waals surface area contributed by atoms with Gasteiger partial charge in [-0.05, 0) is 79.9 Å². The fourth-order valence-corrected chi connectivity index (χ4v) is 6.60. The molecule has 1 amide bonds. The number of aryl methyl sites for hydroxylation is 1. The summed E-state index contributed by atoms with van der Waals surface area (Å²) in [5, 5.41) is 10.2. The van der Waals surface area contributed by atoms with Crippen LogP contribution in [0.15, 0.2) is 90.0 Å². The summed E-state index contributed by atoms with van der Waals surface area (Å²) in [5.41, 5.74) is 5.16. The van der Waals surface area contributed by atoms with Crippen LogP contribution in [0.5, 0.6) is 0 Å². The van der Waals surface area contributed by atoms with Gasteiger partial charge in [-0.3, -0.25) is 9.78 Å². The first-order valence-electron chi connectivity index (χ1n) is 13.7. The second kappa shape index (κ2) is 11.6. The summed E-state index contributed by atoms with van der Waals surface area (Å²) in [4.78, 5) is 19.8. The van der Waals surface area contributed by atoms with Crippen molar-refractivity contribution in [2.45, 2.75) is 37.2 Å². The third-order valence-corrected chi connectivity index (χ3v) is 9.20. The molecule has 11 heteroatoms. The maximum Gasteiger partial charge on any atom is 0.253 e. The molecule has 42 heavy (non-hydrogen) atoms. The molecule has 0 radical (unpaired) electrons. The van der Waals surface area contributed by atoms with Crippen molar-refractivity contribution in [1.29, 1.82) is 0 Å². The Balaban J connectivity index is 1.07. The fraction of sp³-hybridized carbons (Fsp3) is 0.226. The third-order valence-electron chi connectivity index (χ3n) is 7.41. The zero-order valence-corrected chi connectivity index (χ0v) is 24.5. The predicted octanol–water partition coefficient (Wildman–Crippen LogP) is 5.09. The van der Waals surface area contributed by atoms with Crippen LogP contribution in [0.1, 0.15) is 34.5 Å². The standard InChI is InChI=1S/C31H29ClN6O3S/c1-21-5-6-23-18-24(7-12-29(23)33-21)30-20-38(36-34-30)19-22-3-2-4-25(17-22)31(39)37-15-13-27(14-16-37)35-42(40,41)28-10-8-26(32)9-11-28/h2-12,17-18,20,27,35H,13-16,19H2,1H3. The monoisotopic (exact) mass is 600 g/mol. The number of piperidine rings is 1. The number of aromatic nitrogens is 4. The molecule has 2 aromatic heterocycles. The molecule has 1 saturated heterocycles. The number of hydrogen-bond acceptors (Lipinski definition) is 6. The Morgan fingerprint density at radius 1 is 1.00 bits per heavy atom. The summed E-state index contributed by atoms with van der Waals surface area (Å²) in [7, 11) is -3.66. The number of nitrogens with zero attached hydrogens (tertiary/aromatic N) is 5. The van der Waals surface area contributed by atoms with Crippen LogP contribution in [-0.2, 0) is 16.6 Å². The first-order valence-corrected chi connectivity index (χ1v) is 15.5. The van der Waals surface area contributed by atoms with Crippen LogP contribution in [-0.4, -0.2) is 58.3 Å². The second-order valence-corrected chi connectivity index (χ2v) is 12.7. The molecule has 0 aliphatic carbocycles. The zero-order chi connectivity index (χ0) is 29.3. The van der Waals surface area contributed by atoms with Crippen LogP contribution in [0.25, 0.3) is 22.2 Å². The van der Waals surface area contributed by atoms with Gasteiger partial charge in [0, 0.05) is 46.4 Å². The lowest BCUT2D eigenvalue weighted by Gasteiger charge is -2.32. The summed E-state index contributed by atoms with van der Waals surface area (Å²) >= 11 is 5.88. The van der Waals surface area contributed by atoms with Crippen LogP contribution in [0.3, 0.4) is 0 Å². The number of fused-ring (bicyclic) bond motifs is 1. The minimum Gasteiger partial charge on any atom is -0.339 e. The van der Waals surface area contributed by atoms with Crippen LogP contribution in [0.4, 0.5) is 0 Å². The lowest BCUT2D eigenvalue weighted by atomic mass is 10.0. The molecule has 0 unspecified atom stereocenters. The van der Waals surface area contributed by atoms with E-state index in [1.54, 1.807) is 27.8 Å². The van der Waals surface area contributed by atoms with E-state index in [-0.39, 0.29) is 16.8 Å². The van der Waals surface area contributed by atoms with Gasteiger partial charge in [0.05, 0.1) is 23.2 Å². The molecule has 6 rings (SSSR count). The first kappa shape index (κ1) is 28.0. The van der Waals surface area contributed by atoms with Crippen molar-refractivity contribution < 1.29 is 13.2 Å². The van der Waals surface area contributed by atoms with Gasteiger partial charge < -0.3 is 4.90 Å². The van der Waals surface area contributed by atoms with Gasteiger partial charge in [0.1, 0.15) is 5.69 Å². The number of halogens is 1. The summed E-state index contributed by atoms with van der Waals surface area (Å²) in [5.74, 6) is -0.0739. The number of benzene rings is 3. The second-order valence-electron chi connectivity index (χ2n) is 10.5. The molecule has 1 aliphatic heterocycles. The highest BCUT2D eigenvalue weighted by Gasteiger charge is 2.27. The van der Waals surface area contributed by atoms with Gasteiger partial charge >= 0.3 is 0 Å². The quantitative estimate of drug-likeness (QED) is 0.279. The molecular formula is C31H29ClN6O3S. The van der Waals surface area contributed by atoms with E-state index in [9.17, 15) is 13.2 Å². The Morgan fingerprint density at radius 3 is 2.57 bits per heavy atom. The van der Waals surface area contributed by atoms with Gasteiger partial charge in [-0.2, -0.15) is 0 Å². The molecule has 0 atom stereocenters. The molecule has 0 saturated carbocycles. The highest BCUT2D eigenvalue weighted by atomic mass is 35.5. The number of rotatable bonds is 7. The topological polar surface area (TPSA) is 110 Å². The van der Waals surface area contributed by atoms with Crippen molar-refractivity contribution in [1.82, 2.24) is 29.6 Å². The van der Waals surface area contributed by atoms with Gasteiger partial charge in [-0.15, -0.1) is 5.10 Å². The van der Waals surface area contributed by atoms with Crippen LogP contribution >= 0.6 is 11.6 Å². The SMILES string of the molecule is Cc1ccc2cc(-c3cn(Cc4cccc(C(=O)N5CCC(NS(=O)(=O)c6ccc(Cl)cc6)CC5)c4)nn3)ccc2n1. The van der Waals surface area contributed by atoms with Gasteiger partial charge in [0.25, 0.3) is 5.91 Å². The molecule has 214 valence electrons. The van der Waals surface area contributed by atoms with Crippen LogP contribution in [0, 0.1) is 6.92 Å². The number of sulfonamides is 1. The third kappa shape index (κ3) is 6.20. The molecule has 5 aromatic rings. The van der Waals surface area contributed by atoms with Crippen molar-refractivity contribution >= 4 is 38.4 Å². The average Bonchev–Trinajstić information content (AvgIpc) is 3.45. The maximum atomic E-state index is 13.3. The number of amides is 1. The molecule has 3 aromatic carbocycles. The van der Waals surface area contributed by atoms with E-state index in [0.29, 0.717) is 43.1 Å². The lowest BCUT2D eigenvalue weighted by molar-refractivity contribution is 0.0711. The summed E-state index contributed by atoms with van der Waals surface area (Å²) < 4.78 is 30.0. The van der Waals surface area contributed by atoms with E-state index in [1.807, 2.05) is 49.5 Å². The molecule has 1 N–H and O–H groups in total. The molecule has 1 fully saturated rings. The largest absolute Gasteiger partial charge is 0.339 e. The van der Waals surface area contributed by atoms with E-state index in [0.717, 1.165) is 33.4 Å². The van der Waals surface area contributed by atoms with E-state index in [2.05, 4.69) is 32.2 Å². The Kier molecular flexibility index (Phi) is 7.76. The fourth-order valence-electron chi connectivity index (χ4n) is 5.17. The Labute approximate surface area is 249 Å². The van der Waals surface area contributed by atoms with E-state index in [1.165, 1.54) is 12.1 Å². The molecule has 1 aliphatic rings. The number of hydrogen-bond donors (Lipinski definition) is 1. The highest BCUT2D eigenvalue weighted by Crippen LogP contribution is 2.23. The van der Waals surface area contributed by atoms with Gasteiger partial charge in [0.2, 0.25) is 10.0 Å². The molecule has 0 bridgehead atoms. The predicted molar refractivity (Wildman–Crippen MR) is 162 cm³/mol. The smallest absolute Gasteiger partial charge is 0.253 e. The normalized spacial score (nSPS) is 14.4. The van der Waals surface area contributed by atoms with Crippen molar-refractivity contribution in [3.63, 3.8) is 0 Å². The van der Waals surface area contributed by atoms with Crippen molar-refractivity contribution in [2.75, 3.05) is 13.1 Å². The average molecular weight is 601 g/mol. The van der Waals surface area contributed by atoms with Crippen molar-refractivity contribution in [2.24, 2.45) is 0 Å². The summed E-state index contributed by atoms with van der Waals surface area (Å²) in [6.07, 6.45) is 2.96. The van der Waals surface area contributed by atoms with Crippen LogP contribution in [0.2, 0.25) is 5.02 Å². The van der Waals surface area contributed by atoms with Crippen LogP contribution < -0.4 is 4.72 Å². The first-order chi connectivity index (χ1) is 20.2. The van der Waals surface area contributed by atoms with E-state index < -0.39 is 10.0 Å². The van der Waals surface area contributed by atoms with Gasteiger partial charge in [0.15, 0.2) is 0 Å². The van der Waals surface area contributed by atoms with Gasteiger partial charge in [-0.1, -0.05) is 41.1 Å². The highest BCUT2D eigenvalue weighted by molar-refractivity contribution is 7.89. The lowest BCUT2D eigenvalue weighted by Crippen LogP contribution is -2.46. The number of likely N-dealkylation sites (tertiary alicyclic amines) is 1. The minimum absolute atomic E-state index is 0.0739. The molecular weight excluding hydrogens is 572 g/mol. The van der Waals surface area contributed by atoms with Crippen molar-refractivity contribution in [3.05, 3.63) is 107 Å². The van der Waals surface area contributed by atoms with E-state index >= 15 is 0 Å². The molecule has 3 heterocycles.